The van der Waals surface area contributed by atoms with Gasteiger partial charge in [-0.1, -0.05) is 12.8 Å². The minimum Gasteiger partial charge on any atom is -0.383 e. The molecule has 0 aromatic carbocycles. The highest BCUT2D eigenvalue weighted by molar-refractivity contribution is 5.81. The van der Waals surface area contributed by atoms with Gasteiger partial charge < -0.3 is 10.1 Å². The number of hydrogen-bond donors (Lipinski definition) is 1. The first kappa shape index (κ1) is 14.9. The van der Waals surface area contributed by atoms with Crippen molar-refractivity contribution < 1.29 is 9.53 Å². The summed E-state index contributed by atoms with van der Waals surface area (Å²) >= 11 is 0. The Morgan fingerprint density at radius 2 is 2.22 bits per heavy atom. The molecule has 1 fully saturated rings. The van der Waals surface area contributed by atoms with Crippen LogP contribution >= 0.6 is 0 Å². The fraction of sp³-hybridized carbons (Fsp3) is 0.846. The third-order valence-electron chi connectivity index (χ3n) is 3.53. The number of nitriles is 1. The van der Waals surface area contributed by atoms with Crippen LogP contribution in [0.1, 0.15) is 32.6 Å². The second-order valence-corrected chi connectivity index (χ2v) is 4.73. The summed E-state index contributed by atoms with van der Waals surface area (Å²) in [6.07, 6.45) is 4.59. The topological polar surface area (TPSA) is 65.4 Å². The van der Waals surface area contributed by atoms with Gasteiger partial charge in [0, 0.05) is 19.7 Å². The van der Waals surface area contributed by atoms with E-state index in [1.165, 1.54) is 12.8 Å². The molecule has 0 spiro atoms. The number of methoxy groups -OCH3 is 1. The van der Waals surface area contributed by atoms with Gasteiger partial charge in [-0.15, -0.1) is 0 Å². The predicted molar refractivity (Wildman–Crippen MR) is 68.9 cm³/mol. The van der Waals surface area contributed by atoms with Crippen LogP contribution in [0, 0.1) is 11.3 Å². The fourth-order valence-corrected chi connectivity index (χ4v) is 2.47. The molecular weight excluding hydrogens is 230 g/mol. The highest BCUT2D eigenvalue weighted by Crippen LogP contribution is 2.24. The maximum atomic E-state index is 12.0. The summed E-state index contributed by atoms with van der Waals surface area (Å²) < 4.78 is 4.90. The number of amides is 1. The molecule has 1 aliphatic carbocycles. The lowest BCUT2D eigenvalue weighted by Gasteiger charge is -2.31. The van der Waals surface area contributed by atoms with E-state index in [0.717, 1.165) is 12.8 Å². The second-order valence-electron chi connectivity index (χ2n) is 4.73. The van der Waals surface area contributed by atoms with Gasteiger partial charge in [0.1, 0.15) is 0 Å². The Labute approximate surface area is 109 Å². The van der Waals surface area contributed by atoms with Crippen LogP contribution in [0.2, 0.25) is 0 Å². The standard InChI is InChI=1S/C13H23N3O2/c1-11(13(17)15-8-10-18-2)16(9-7-14)12-5-3-4-6-12/h11-12H,3-6,8-10H2,1-2H3,(H,15,17). The molecule has 1 amide bonds. The maximum absolute atomic E-state index is 12.0. The highest BCUT2D eigenvalue weighted by Gasteiger charge is 2.29. The highest BCUT2D eigenvalue weighted by atomic mass is 16.5. The Bertz CT molecular complexity index is 295. The van der Waals surface area contributed by atoms with Gasteiger partial charge in [0.2, 0.25) is 5.91 Å². The zero-order chi connectivity index (χ0) is 13.4. The Kier molecular flexibility index (Phi) is 6.69. The van der Waals surface area contributed by atoms with Gasteiger partial charge in [-0.3, -0.25) is 9.69 Å². The molecule has 0 saturated heterocycles. The van der Waals surface area contributed by atoms with Crippen LogP contribution in [-0.4, -0.2) is 49.7 Å². The van der Waals surface area contributed by atoms with Crippen molar-refractivity contribution >= 4 is 5.91 Å². The number of carbonyl (C=O) groups is 1. The fourth-order valence-electron chi connectivity index (χ4n) is 2.47. The lowest BCUT2D eigenvalue weighted by molar-refractivity contribution is -0.126. The van der Waals surface area contributed by atoms with Crippen LogP contribution in [0.4, 0.5) is 0 Å². The number of ether oxygens (including phenoxy) is 1. The van der Waals surface area contributed by atoms with Crippen LogP contribution in [0.3, 0.4) is 0 Å². The van der Waals surface area contributed by atoms with Gasteiger partial charge in [0.25, 0.3) is 0 Å². The Morgan fingerprint density at radius 3 is 2.78 bits per heavy atom. The van der Waals surface area contributed by atoms with E-state index in [0.29, 0.717) is 25.7 Å². The Balaban J connectivity index is 2.50. The van der Waals surface area contributed by atoms with E-state index < -0.39 is 0 Å². The minimum atomic E-state index is -0.246. The number of hydrogen-bond acceptors (Lipinski definition) is 4. The molecule has 0 aromatic heterocycles. The number of rotatable bonds is 7. The zero-order valence-electron chi connectivity index (χ0n) is 11.3. The summed E-state index contributed by atoms with van der Waals surface area (Å²) in [6.45, 7) is 3.23. The van der Waals surface area contributed by atoms with Crippen molar-refractivity contribution in [3.05, 3.63) is 0 Å². The van der Waals surface area contributed by atoms with Crippen molar-refractivity contribution in [2.45, 2.75) is 44.7 Å². The third-order valence-corrected chi connectivity index (χ3v) is 3.53. The molecule has 1 rings (SSSR count). The molecule has 5 nitrogen and oxygen atoms in total. The van der Waals surface area contributed by atoms with Gasteiger partial charge in [-0.2, -0.15) is 5.26 Å². The first-order valence-corrected chi connectivity index (χ1v) is 6.60. The lowest BCUT2D eigenvalue weighted by Crippen LogP contribution is -2.49. The molecule has 18 heavy (non-hydrogen) atoms. The molecule has 0 radical (unpaired) electrons. The van der Waals surface area contributed by atoms with E-state index in [1.54, 1.807) is 7.11 Å². The van der Waals surface area contributed by atoms with Gasteiger partial charge in [-0.05, 0) is 19.8 Å². The normalized spacial score (nSPS) is 17.7. The van der Waals surface area contributed by atoms with E-state index in [1.807, 2.05) is 11.8 Å². The minimum absolute atomic E-state index is 0.0193. The molecule has 1 N–H and O–H groups in total. The van der Waals surface area contributed by atoms with Crippen molar-refractivity contribution in [3.63, 3.8) is 0 Å². The molecular formula is C13H23N3O2. The number of nitrogens with zero attached hydrogens (tertiary/aromatic N) is 2. The van der Waals surface area contributed by atoms with E-state index in [9.17, 15) is 4.79 Å². The largest absolute Gasteiger partial charge is 0.383 e. The van der Waals surface area contributed by atoms with Crippen LogP contribution in [0.25, 0.3) is 0 Å². The summed E-state index contributed by atoms with van der Waals surface area (Å²) in [5.74, 6) is -0.0193. The molecule has 5 heteroatoms. The van der Waals surface area contributed by atoms with Crippen molar-refractivity contribution in [1.82, 2.24) is 10.2 Å². The first-order chi connectivity index (χ1) is 8.70. The first-order valence-electron chi connectivity index (χ1n) is 6.60. The van der Waals surface area contributed by atoms with Crippen LogP contribution in [0.15, 0.2) is 0 Å². The zero-order valence-corrected chi connectivity index (χ0v) is 11.3. The average Bonchev–Trinajstić information content (AvgIpc) is 2.89. The van der Waals surface area contributed by atoms with Crippen LogP contribution in [0.5, 0.6) is 0 Å². The quantitative estimate of drug-likeness (QED) is 0.541. The molecule has 0 heterocycles. The van der Waals surface area contributed by atoms with E-state index in [-0.39, 0.29) is 11.9 Å². The van der Waals surface area contributed by atoms with Gasteiger partial charge in [0.15, 0.2) is 0 Å². The van der Waals surface area contributed by atoms with Crippen molar-refractivity contribution in [2.75, 3.05) is 26.8 Å². The lowest BCUT2D eigenvalue weighted by atomic mass is 10.1. The van der Waals surface area contributed by atoms with Crippen molar-refractivity contribution in [3.8, 4) is 6.07 Å². The molecule has 102 valence electrons. The molecule has 1 atom stereocenters. The van der Waals surface area contributed by atoms with E-state index in [2.05, 4.69) is 11.4 Å². The van der Waals surface area contributed by atoms with E-state index >= 15 is 0 Å². The maximum Gasteiger partial charge on any atom is 0.237 e. The average molecular weight is 253 g/mol. The second kappa shape index (κ2) is 8.06. The smallest absolute Gasteiger partial charge is 0.237 e. The summed E-state index contributed by atoms with van der Waals surface area (Å²) in [7, 11) is 1.61. The number of carbonyl (C=O) groups excluding carboxylic acids is 1. The monoisotopic (exact) mass is 253 g/mol. The Morgan fingerprint density at radius 1 is 1.56 bits per heavy atom. The molecule has 0 aromatic rings. The molecule has 0 aliphatic heterocycles. The summed E-state index contributed by atoms with van der Waals surface area (Å²) in [5.41, 5.74) is 0. The molecule has 1 saturated carbocycles. The molecule has 1 aliphatic rings. The van der Waals surface area contributed by atoms with Gasteiger partial charge in [0.05, 0.1) is 25.3 Å². The SMILES string of the molecule is COCCNC(=O)C(C)N(CC#N)C1CCCC1. The van der Waals surface area contributed by atoms with Gasteiger partial charge in [-0.25, -0.2) is 0 Å². The van der Waals surface area contributed by atoms with Crippen LogP contribution < -0.4 is 5.32 Å². The third kappa shape index (κ3) is 4.28. The number of nitrogens with one attached hydrogen (secondary N) is 1. The van der Waals surface area contributed by atoms with Crippen molar-refractivity contribution in [2.24, 2.45) is 0 Å². The Hall–Kier alpha value is -1.12. The van der Waals surface area contributed by atoms with Crippen LogP contribution in [-0.2, 0) is 9.53 Å². The predicted octanol–water partition coefficient (Wildman–Crippen LogP) is 0.906. The van der Waals surface area contributed by atoms with E-state index in [4.69, 9.17) is 10.00 Å². The summed E-state index contributed by atoms with van der Waals surface area (Å²) in [4.78, 5) is 14.0. The molecule has 0 bridgehead atoms. The molecule has 1 unspecified atom stereocenters. The van der Waals surface area contributed by atoms with Crippen molar-refractivity contribution in [1.29, 1.82) is 5.26 Å². The summed E-state index contributed by atoms with van der Waals surface area (Å²) in [6, 6.07) is 2.31. The summed E-state index contributed by atoms with van der Waals surface area (Å²) in [5, 5.41) is 11.7. The van der Waals surface area contributed by atoms with Gasteiger partial charge >= 0.3 is 0 Å².